The van der Waals surface area contributed by atoms with Gasteiger partial charge < -0.3 is 4.98 Å². The summed E-state index contributed by atoms with van der Waals surface area (Å²) in [4.78, 5) is 7.75. The largest absolute Gasteiger partial charge is 0.344 e. The predicted octanol–water partition coefficient (Wildman–Crippen LogP) is 2.30. The summed E-state index contributed by atoms with van der Waals surface area (Å²) in [5, 5.41) is 6.20. The summed E-state index contributed by atoms with van der Waals surface area (Å²) in [6, 6.07) is 10.9. The molecule has 2 heterocycles. The molecular formula is C16H17N3O2S. The molecule has 22 heavy (non-hydrogen) atoms. The zero-order valence-corrected chi connectivity index (χ0v) is 13.0. The minimum atomic E-state index is -3.62. The van der Waals surface area contributed by atoms with E-state index in [0.29, 0.717) is 0 Å². The van der Waals surface area contributed by atoms with Crippen molar-refractivity contribution in [2.75, 3.05) is 0 Å². The van der Waals surface area contributed by atoms with E-state index in [1.165, 1.54) is 0 Å². The Labute approximate surface area is 129 Å². The molecule has 0 spiro atoms. The van der Waals surface area contributed by atoms with Gasteiger partial charge in [0.05, 0.1) is 4.90 Å². The lowest BCUT2D eigenvalue weighted by atomic mass is 10.1. The Balaban J connectivity index is 1.73. The Hall–Kier alpha value is -2.18. The number of hydrogen-bond donors (Lipinski definition) is 2. The van der Waals surface area contributed by atoms with Crippen LogP contribution in [0.3, 0.4) is 0 Å². The fourth-order valence-electron chi connectivity index (χ4n) is 2.47. The Morgan fingerprint density at radius 3 is 2.45 bits per heavy atom. The molecule has 0 amide bonds. The van der Waals surface area contributed by atoms with E-state index < -0.39 is 10.0 Å². The number of hydrogen-bond acceptors (Lipinski definition) is 3. The van der Waals surface area contributed by atoms with E-state index >= 15 is 0 Å². The maximum atomic E-state index is 11.2. The molecule has 114 valence electrons. The van der Waals surface area contributed by atoms with Gasteiger partial charge in [-0.3, -0.25) is 0 Å². The topological polar surface area (TPSA) is 88.8 Å². The number of rotatable bonds is 4. The first-order valence-electron chi connectivity index (χ1n) is 6.98. The molecule has 0 bridgehead atoms. The van der Waals surface area contributed by atoms with Crippen LogP contribution in [0.1, 0.15) is 16.8 Å². The van der Waals surface area contributed by atoms with Crippen molar-refractivity contribution in [1.29, 1.82) is 0 Å². The van der Waals surface area contributed by atoms with E-state index in [9.17, 15) is 8.42 Å². The number of nitrogens with zero attached hydrogens (tertiary/aromatic N) is 1. The van der Waals surface area contributed by atoms with Gasteiger partial charge in [0.1, 0.15) is 5.65 Å². The van der Waals surface area contributed by atoms with Crippen molar-refractivity contribution in [2.24, 2.45) is 5.14 Å². The normalized spacial score (nSPS) is 11.9. The molecule has 3 rings (SSSR count). The third-order valence-electron chi connectivity index (χ3n) is 3.62. The number of primary sulfonamides is 1. The van der Waals surface area contributed by atoms with Crippen molar-refractivity contribution >= 4 is 21.1 Å². The number of H-pyrrole nitrogens is 1. The fraction of sp³-hybridized carbons (Fsp3) is 0.188. The summed E-state index contributed by atoms with van der Waals surface area (Å²) >= 11 is 0. The molecule has 6 heteroatoms. The maximum Gasteiger partial charge on any atom is 0.238 e. The van der Waals surface area contributed by atoms with Gasteiger partial charge in [0.15, 0.2) is 0 Å². The van der Waals surface area contributed by atoms with Gasteiger partial charge in [-0.25, -0.2) is 18.5 Å². The van der Waals surface area contributed by atoms with Crippen molar-refractivity contribution in [3.8, 4) is 0 Å². The van der Waals surface area contributed by atoms with E-state index in [1.807, 2.05) is 13.1 Å². The quantitative estimate of drug-likeness (QED) is 0.774. The fourth-order valence-corrected chi connectivity index (χ4v) is 2.98. The molecule has 0 aliphatic heterocycles. The first-order valence-corrected chi connectivity index (χ1v) is 8.52. The number of benzene rings is 1. The molecule has 0 unspecified atom stereocenters. The minimum absolute atomic E-state index is 0.141. The van der Waals surface area contributed by atoms with E-state index in [4.69, 9.17) is 5.14 Å². The average molecular weight is 315 g/mol. The molecule has 0 saturated carbocycles. The first-order chi connectivity index (χ1) is 10.4. The SMILES string of the molecule is Cc1cc2cc(CCc3ccc(S(N)(=O)=O)cc3)cnc2[nH]1. The highest BCUT2D eigenvalue weighted by atomic mass is 32.2. The molecular weight excluding hydrogens is 298 g/mol. The maximum absolute atomic E-state index is 11.2. The lowest BCUT2D eigenvalue weighted by Crippen LogP contribution is -2.11. The summed E-state index contributed by atoms with van der Waals surface area (Å²) < 4.78 is 22.4. The molecule has 0 fully saturated rings. The molecule has 2 aromatic heterocycles. The van der Waals surface area contributed by atoms with Gasteiger partial charge in [-0.1, -0.05) is 12.1 Å². The number of aromatic nitrogens is 2. The van der Waals surface area contributed by atoms with Gasteiger partial charge in [-0.15, -0.1) is 0 Å². The van der Waals surface area contributed by atoms with Crippen LogP contribution in [0, 0.1) is 6.92 Å². The summed E-state index contributed by atoms with van der Waals surface area (Å²) in [6.07, 6.45) is 3.54. The molecule has 0 saturated heterocycles. The number of aryl methyl sites for hydroxylation is 3. The van der Waals surface area contributed by atoms with Crippen LogP contribution in [0.25, 0.3) is 11.0 Å². The monoisotopic (exact) mass is 315 g/mol. The first kappa shape index (κ1) is 14.7. The van der Waals surface area contributed by atoms with Crippen molar-refractivity contribution in [3.63, 3.8) is 0 Å². The Morgan fingerprint density at radius 1 is 1.09 bits per heavy atom. The number of fused-ring (bicyclic) bond motifs is 1. The predicted molar refractivity (Wildman–Crippen MR) is 86.1 cm³/mol. The Morgan fingerprint density at radius 2 is 1.77 bits per heavy atom. The minimum Gasteiger partial charge on any atom is -0.344 e. The van der Waals surface area contributed by atoms with Crippen LogP contribution in [-0.2, 0) is 22.9 Å². The van der Waals surface area contributed by atoms with Gasteiger partial charge in [0.2, 0.25) is 10.0 Å². The molecule has 0 radical (unpaired) electrons. The van der Waals surface area contributed by atoms with Crippen molar-refractivity contribution in [2.45, 2.75) is 24.7 Å². The molecule has 1 aromatic carbocycles. The molecule has 3 N–H and O–H groups in total. The third kappa shape index (κ3) is 3.18. The van der Waals surface area contributed by atoms with Gasteiger partial charge in [0.25, 0.3) is 0 Å². The van der Waals surface area contributed by atoms with Crippen LogP contribution in [-0.4, -0.2) is 18.4 Å². The Bertz CT molecular complexity index is 912. The highest BCUT2D eigenvalue weighted by Gasteiger charge is 2.07. The zero-order chi connectivity index (χ0) is 15.7. The summed E-state index contributed by atoms with van der Waals surface area (Å²) in [5.74, 6) is 0. The highest BCUT2D eigenvalue weighted by Crippen LogP contribution is 2.16. The lowest BCUT2D eigenvalue weighted by molar-refractivity contribution is 0.598. The molecule has 3 aromatic rings. The van der Waals surface area contributed by atoms with Crippen molar-refractivity contribution in [1.82, 2.24) is 9.97 Å². The van der Waals surface area contributed by atoms with Crippen LogP contribution in [0.5, 0.6) is 0 Å². The standard InChI is InChI=1S/C16H17N3O2S/c1-11-8-14-9-13(10-18-16(14)19-11)3-2-12-4-6-15(7-5-12)22(17,20)21/h4-10H,2-3H2,1H3,(H,18,19)(H2,17,20,21). The molecule has 0 aliphatic carbocycles. The van der Waals surface area contributed by atoms with Crippen molar-refractivity contribution in [3.05, 3.63) is 59.4 Å². The van der Waals surface area contributed by atoms with Crippen molar-refractivity contribution < 1.29 is 8.42 Å². The Kier molecular flexibility index (Phi) is 3.72. The smallest absolute Gasteiger partial charge is 0.238 e. The summed E-state index contributed by atoms with van der Waals surface area (Å²) in [5.41, 5.74) is 4.22. The van der Waals surface area contributed by atoms with Gasteiger partial charge in [-0.05, 0) is 55.2 Å². The van der Waals surface area contributed by atoms with E-state index in [0.717, 1.165) is 40.7 Å². The molecule has 0 atom stereocenters. The number of pyridine rings is 1. The second-order valence-corrected chi connectivity index (χ2v) is 6.98. The number of nitrogens with one attached hydrogen (secondary N) is 1. The summed E-state index contributed by atoms with van der Waals surface area (Å²) in [6.45, 7) is 2.01. The summed E-state index contributed by atoms with van der Waals surface area (Å²) in [7, 11) is -3.62. The van der Waals surface area contributed by atoms with E-state index in [2.05, 4.69) is 22.1 Å². The lowest BCUT2D eigenvalue weighted by Gasteiger charge is -2.04. The number of sulfonamides is 1. The molecule has 5 nitrogen and oxygen atoms in total. The van der Waals surface area contributed by atoms with Crippen LogP contribution in [0.2, 0.25) is 0 Å². The van der Waals surface area contributed by atoms with Crippen LogP contribution >= 0.6 is 0 Å². The number of nitrogens with two attached hydrogens (primary N) is 1. The second-order valence-electron chi connectivity index (χ2n) is 5.42. The number of aromatic amines is 1. The average Bonchev–Trinajstić information content (AvgIpc) is 2.84. The zero-order valence-electron chi connectivity index (χ0n) is 12.2. The van der Waals surface area contributed by atoms with Gasteiger partial charge in [-0.2, -0.15) is 0 Å². The van der Waals surface area contributed by atoms with Crippen LogP contribution in [0.4, 0.5) is 0 Å². The van der Waals surface area contributed by atoms with Gasteiger partial charge >= 0.3 is 0 Å². The molecule has 0 aliphatic rings. The third-order valence-corrected chi connectivity index (χ3v) is 4.54. The van der Waals surface area contributed by atoms with Crippen LogP contribution in [0.15, 0.2) is 47.5 Å². The van der Waals surface area contributed by atoms with Gasteiger partial charge in [0, 0.05) is 17.3 Å². The van der Waals surface area contributed by atoms with E-state index in [1.54, 1.807) is 24.3 Å². The second kappa shape index (κ2) is 5.55. The van der Waals surface area contributed by atoms with E-state index in [-0.39, 0.29) is 4.90 Å². The van der Waals surface area contributed by atoms with Crippen LogP contribution < -0.4 is 5.14 Å². The highest BCUT2D eigenvalue weighted by molar-refractivity contribution is 7.89.